The molecule has 0 unspecified atom stereocenters. The standard InChI is InChI=1S/C21H18ClN3O3S2/c1-13-6-4-5-7-16(13)20-23-21(28-24-20)19-18(10-11-29-19)30(26,27)25(3)15-9-8-14(2)17(22)12-15/h4-12H,1-3H3. The molecule has 30 heavy (non-hydrogen) atoms. The van der Waals surface area contributed by atoms with Crippen LogP contribution in [0, 0.1) is 13.8 Å². The Balaban J connectivity index is 1.73. The average molecular weight is 460 g/mol. The Bertz CT molecular complexity index is 1330. The molecule has 0 spiro atoms. The molecule has 9 heteroatoms. The Labute approximate surface area is 183 Å². The SMILES string of the molecule is Cc1ccc(N(C)S(=O)(=O)c2ccsc2-c2nc(-c3ccccc3C)no2)cc1Cl. The molecule has 4 aromatic rings. The molecule has 0 saturated carbocycles. The lowest BCUT2D eigenvalue weighted by molar-refractivity contribution is 0.432. The third-order valence-corrected chi connectivity index (χ3v) is 8.06. The van der Waals surface area contributed by atoms with Gasteiger partial charge in [0.1, 0.15) is 9.77 Å². The van der Waals surface area contributed by atoms with Crippen LogP contribution in [-0.4, -0.2) is 25.6 Å². The largest absolute Gasteiger partial charge is 0.333 e. The van der Waals surface area contributed by atoms with E-state index < -0.39 is 10.0 Å². The van der Waals surface area contributed by atoms with Crippen molar-refractivity contribution in [3.63, 3.8) is 0 Å². The van der Waals surface area contributed by atoms with Gasteiger partial charge in [-0.1, -0.05) is 47.1 Å². The number of anilines is 1. The molecular weight excluding hydrogens is 442 g/mol. The van der Waals surface area contributed by atoms with Gasteiger partial charge in [0.25, 0.3) is 15.9 Å². The lowest BCUT2D eigenvalue weighted by Gasteiger charge is -2.20. The van der Waals surface area contributed by atoms with Crippen molar-refractivity contribution in [3.8, 4) is 22.2 Å². The number of sulfonamides is 1. The highest BCUT2D eigenvalue weighted by atomic mass is 35.5. The minimum absolute atomic E-state index is 0.103. The summed E-state index contributed by atoms with van der Waals surface area (Å²) in [6.07, 6.45) is 0. The summed E-state index contributed by atoms with van der Waals surface area (Å²) < 4.78 is 33.2. The fourth-order valence-corrected chi connectivity index (χ4v) is 5.65. The first kappa shape index (κ1) is 20.6. The molecule has 0 aliphatic carbocycles. The molecular formula is C21H18ClN3O3S2. The van der Waals surface area contributed by atoms with E-state index in [-0.39, 0.29) is 10.8 Å². The molecule has 0 radical (unpaired) electrons. The van der Waals surface area contributed by atoms with Gasteiger partial charge in [-0.05, 0) is 48.6 Å². The Morgan fingerprint density at radius 1 is 1.07 bits per heavy atom. The fourth-order valence-electron chi connectivity index (χ4n) is 2.97. The molecule has 0 saturated heterocycles. The first-order valence-electron chi connectivity index (χ1n) is 9.01. The summed E-state index contributed by atoms with van der Waals surface area (Å²) in [7, 11) is -2.37. The molecule has 0 amide bonds. The first-order valence-corrected chi connectivity index (χ1v) is 11.7. The lowest BCUT2D eigenvalue weighted by Crippen LogP contribution is -2.26. The van der Waals surface area contributed by atoms with Crippen molar-refractivity contribution >= 4 is 38.6 Å². The van der Waals surface area contributed by atoms with E-state index in [0.29, 0.717) is 21.4 Å². The minimum Gasteiger partial charge on any atom is -0.333 e. The highest BCUT2D eigenvalue weighted by Crippen LogP contribution is 2.36. The smallest absolute Gasteiger partial charge is 0.269 e. The molecule has 6 nitrogen and oxygen atoms in total. The summed E-state index contributed by atoms with van der Waals surface area (Å²) in [5, 5.41) is 6.24. The zero-order valence-corrected chi connectivity index (χ0v) is 18.8. The van der Waals surface area contributed by atoms with E-state index in [1.54, 1.807) is 29.6 Å². The maximum Gasteiger partial charge on any atom is 0.269 e. The summed E-state index contributed by atoms with van der Waals surface area (Å²) in [5.74, 6) is 0.579. The van der Waals surface area contributed by atoms with Crippen LogP contribution < -0.4 is 4.31 Å². The number of aryl methyl sites for hydroxylation is 2. The fraction of sp³-hybridized carbons (Fsp3) is 0.143. The van der Waals surface area contributed by atoms with Gasteiger partial charge in [0.15, 0.2) is 0 Å². The quantitative estimate of drug-likeness (QED) is 0.390. The number of halogens is 1. The first-order chi connectivity index (χ1) is 14.3. The summed E-state index contributed by atoms with van der Waals surface area (Å²) in [5.41, 5.74) is 3.17. The van der Waals surface area contributed by atoms with Crippen molar-refractivity contribution < 1.29 is 12.9 Å². The highest BCUT2D eigenvalue weighted by Gasteiger charge is 2.29. The van der Waals surface area contributed by atoms with Gasteiger partial charge in [0.05, 0.1) is 5.69 Å². The van der Waals surface area contributed by atoms with E-state index in [1.165, 1.54) is 22.7 Å². The van der Waals surface area contributed by atoms with Crippen molar-refractivity contribution in [3.05, 3.63) is 70.1 Å². The maximum absolute atomic E-state index is 13.3. The molecule has 0 fully saturated rings. The van der Waals surface area contributed by atoms with E-state index in [4.69, 9.17) is 16.1 Å². The van der Waals surface area contributed by atoms with E-state index in [0.717, 1.165) is 16.7 Å². The van der Waals surface area contributed by atoms with Crippen LogP contribution in [0.1, 0.15) is 11.1 Å². The van der Waals surface area contributed by atoms with Crippen LogP contribution >= 0.6 is 22.9 Å². The molecule has 0 bridgehead atoms. The van der Waals surface area contributed by atoms with Gasteiger partial charge in [-0.25, -0.2) is 8.42 Å². The molecule has 2 heterocycles. The molecule has 4 rings (SSSR count). The van der Waals surface area contributed by atoms with Crippen LogP contribution in [0.5, 0.6) is 0 Å². The second-order valence-electron chi connectivity index (χ2n) is 6.76. The topological polar surface area (TPSA) is 76.3 Å². The van der Waals surface area contributed by atoms with Gasteiger partial charge in [0, 0.05) is 17.6 Å². The molecule has 0 N–H and O–H groups in total. The maximum atomic E-state index is 13.3. The summed E-state index contributed by atoms with van der Waals surface area (Å²) in [6.45, 7) is 3.81. The highest BCUT2D eigenvalue weighted by molar-refractivity contribution is 7.93. The molecule has 0 aliphatic heterocycles. The average Bonchev–Trinajstić information content (AvgIpc) is 3.39. The number of benzene rings is 2. The van der Waals surface area contributed by atoms with Crippen molar-refractivity contribution in [2.24, 2.45) is 0 Å². The van der Waals surface area contributed by atoms with Gasteiger partial charge in [0.2, 0.25) is 5.82 Å². The predicted molar refractivity (Wildman–Crippen MR) is 120 cm³/mol. The number of aromatic nitrogens is 2. The number of hydrogen-bond acceptors (Lipinski definition) is 6. The molecule has 0 atom stereocenters. The van der Waals surface area contributed by atoms with Gasteiger partial charge in [-0.3, -0.25) is 4.31 Å². The zero-order valence-electron chi connectivity index (χ0n) is 16.5. The van der Waals surface area contributed by atoms with E-state index in [1.807, 2.05) is 38.1 Å². The van der Waals surface area contributed by atoms with Crippen LogP contribution in [0.25, 0.3) is 22.2 Å². The van der Waals surface area contributed by atoms with Crippen molar-refractivity contribution in [1.82, 2.24) is 10.1 Å². The van der Waals surface area contributed by atoms with Crippen molar-refractivity contribution in [2.45, 2.75) is 18.7 Å². The van der Waals surface area contributed by atoms with Crippen LogP contribution in [0.2, 0.25) is 5.02 Å². The lowest BCUT2D eigenvalue weighted by atomic mass is 10.1. The Morgan fingerprint density at radius 2 is 1.83 bits per heavy atom. The number of rotatable bonds is 5. The molecule has 2 aromatic carbocycles. The monoisotopic (exact) mass is 459 g/mol. The summed E-state index contributed by atoms with van der Waals surface area (Å²) >= 11 is 7.41. The van der Waals surface area contributed by atoms with Crippen LogP contribution in [0.4, 0.5) is 5.69 Å². The third-order valence-electron chi connectivity index (χ3n) is 4.79. The minimum atomic E-state index is -3.86. The van der Waals surface area contributed by atoms with Crippen molar-refractivity contribution in [1.29, 1.82) is 0 Å². The van der Waals surface area contributed by atoms with E-state index >= 15 is 0 Å². The van der Waals surface area contributed by atoms with E-state index in [2.05, 4.69) is 10.1 Å². The molecule has 154 valence electrons. The van der Waals surface area contributed by atoms with Gasteiger partial charge in [-0.2, -0.15) is 4.98 Å². The van der Waals surface area contributed by atoms with Crippen LogP contribution in [0.3, 0.4) is 0 Å². The van der Waals surface area contributed by atoms with Gasteiger partial charge < -0.3 is 4.52 Å². The van der Waals surface area contributed by atoms with Gasteiger partial charge in [-0.15, -0.1) is 11.3 Å². The number of nitrogens with zero attached hydrogens (tertiary/aromatic N) is 3. The second kappa shape index (κ2) is 7.86. The van der Waals surface area contributed by atoms with Crippen LogP contribution in [0.15, 0.2) is 63.3 Å². The van der Waals surface area contributed by atoms with Crippen LogP contribution in [-0.2, 0) is 10.0 Å². The third kappa shape index (κ3) is 3.62. The van der Waals surface area contributed by atoms with Crippen molar-refractivity contribution in [2.75, 3.05) is 11.4 Å². The Kier molecular flexibility index (Phi) is 5.40. The number of hydrogen-bond donors (Lipinski definition) is 0. The van der Waals surface area contributed by atoms with Gasteiger partial charge >= 0.3 is 0 Å². The van der Waals surface area contributed by atoms with E-state index in [9.17, 15) is 8.42 Å². The normalized spacial score (nSPS) is 11.6. The second-order valence-corrected chi connectivity index (χ2v) is 10.0. The zero-order chi connectivity index (χ0) is 21.5. The summed E-state index contributed by atoms with van der Waals surface area (Å²) in [4.78, 5) is 4.94. The Hall–Kier alpha value is -2.68. The predicted octanol–water partition coefficient (Wildman–Crippen LogP) is 5.56. The summed E-state index contributed by atoms with van der Waals surface area (Å²) in [6, 6.07) is 14.3. The number of thiophene rings is 1. The Morgan fingerprint density at radius 3 is 2.57 bits per heavy atom. The molecule has 2 aromatic heterocycles. The molecule has 0 aliphatic rings.